The van der Waals surface area contributed by atoms with Crippen molar-refractivity contribution in [1.29, 1.82) is 0 Å². The zero-order valence-corrected chi connectivity index (χ0v) is 15.8. The molecule has 0 atom stereocenters. The van der Waals surface area contributed by atoms with Gasteiger partial charge in [-0.15, -0.1) is 10.2 Å². The van der Waals surface area contributed by atoms with Crippen molar-refractivity contribution >= 4 is 17.0 Å². The van der Waals surface area contributed by atoms with E-state index < -0.39 is 0 Å². The highest BCUT2D eigenvalue weighted by Gasteiger charge is 2.17. The van der Waals surface area contributed by atoms with Crippen molar-refractivity contribution in [2.75, 3.05) is 0 Å². The van der Waals surface area contributed by atoms with Gasteiger partial charge < -0.3 is 5.11 Å². The van der Waals surface area contributed by atoms with E-state index in [4.69, 9.17) is 0 Å². The molecule has 7 heteroatoms. The number of aromatic nitrogens is 5. The van der Waals surface area contributed by atoms with Gasteiger partial charge in [-0.3, -0.25) is 9.97 Å². The predicted octanol–water partition coefficient (Wildman–Crippen LogP) is 4.14. The van der Waals surface area contributed by atoms with E-state index in [0.29, 0.717) is 28.6 Å². The van der Waals surface area contributed by atoms with E-state index in [1.165, 1.54) is 0 Å². The number of rotatable bonds is 4. The fourth-order valence-electron chi connectivity index (χ4n) is 3.23. The van der Waals surface area contributed by atoms with Crippen LogP contribution in [0.2, 0.25) is 0 Å². The average molecular weight is 392 g/mol. The van der Waals surface area contributed by atoms with Crippen LogP contribution in [-0.2, 0) is 0 Å². The Bertz CT molecular complexity index is 1290. The van der Waals surface area contributed by atoms with E-state index in [-0.39, 0.29) is 5.75 Å². The van der Waals surface area contributed by atoms with Crippen LogP contribution in [0.1, 0.15) is 5.56 Å². The van der Waals surface area contributed by atoms with Crippen molar-refractivity contribution in [3.05, 3.63) is 90.8 Å². The summed E-state index contributed by atoms with van der Waals surface area (Å²) < 4.78 is 1.59. The molecule has 30 heavy (non-hydrogen) atoms. The molecule has 0 fully saturated rings. The Labute approximate surface area is 172 Å². The first-order valence-electron chi connectivity index (χ1n) is 9.34. The largest absolute Gasteiger partial charge is 0.507 e. The number of hydrogen-bond acceptors (Lipinski definition) is 6. The number of nitrogens with zero attached hydrogens (tertiary/aromatic N) is 6. The molecular weight excluding hydrogens is 376 g/mol. The first kappa shape index (κ1) is 17.7. The first-order chi connectivity index (χ1) is 14.8. The highest BCUT2D eigenvalue weighted by Crippen LogP contribution is 2.27. The zero-order chi connectivity index (χ0) is 20.3. The van der Waals surface area contributed by atoms with Crippen LogP contribution in [-0.4, -0.2) is 36.2 Å². The molecule has 144 valence electrons. The Morgan fingerprint density at radius 2 is 1.37 bits per heavy atom. The molecule has 0 aliphatic carbocycles. The Hall–Kier alpha value is -4.39. The molecule has 0 aliphatic rings. The van der Waals surface area contributed by atoms with Gasteiger partial charge in [0.15, 0.2) is 0 Å². The molecule has 0 unspecified atom stereocenters. The Morgan fingerprint density at radius 1 is 0.733 bits per heavy atom. The third kappa shape index (κ3) is 3.18. The number of hydrogen-bond donors (Lipinski definition) is 1. The van der Waals surface area contributed by atoms with E-state index in [9.17, 15) is 5.11 Å². The van der Waals surface area contributed by atoms with Gasteiger partial charge >= 0.3 is 0 Å². The summed E-state index contributed by atoms with van der Waals surface area (Å²) in [5.74, 6) is 1.10. The minimum absolute atomic E-state index is 0.143. The summed E-state index contributed by atoms with van der Waals surface area (Å²) in [7, 11) is 0. The lowest BCUT2D eigenvalue weighted by Crippen LogP contribution is -2.00. The maximum absolute atomic E-state index is 10.5. The fraction of sp³-hybridized carbons (Fsp3) is 0. The van der Waals surface area contributed by atoms with Crippen LogP contribution >= 0.6 is 0 Å². The third-order valence-corrected chi connectivity index (χ3v) is 4.68. The summed E-state index contributed by atoms with van der Waals surface area (Å²) in [5.41, 5.74) is 1.87. The Morgan fingerprint density at radius 3 is 2.00 bits per heavy atom. The molecule has 7 nitrogen and oxygen atoms in total. The van der Waals surface area contributed by atoms with Crippen molar-refractivity contribution in [3.63, 3.8) is 0 Å². The molecule has 3 aromatic heterocycles. The van der Waals surface area contributed by atoms with Crippen LogP contribution in [0.5, 0.6) is 5.75 Å². The van der Waals surface area contributed by atoms with E-state index in [1.54, 1.807) is 29.4 Å². The van der Waals surface area contributed by atoms with Crippen LogP contribution in [0.3, 0.4) is 0 Å². The quantitative estimate of drug-likeness (QED) is 0.464. The number of pyridine rings is 2. The first-order valence-corrected chi connectivity index (χ1v) is 9.34. The molecule has 1 N–H and O–H groups in total. The number of fused-ring (bicyclic) bond motifs is 1. The maximum Gasteiger partial charge on any atom is 0.203 e. The van der Waals surface area contributed by atoms with Gasteiger partial charge in [0.1, 0.15) is 17.1 Å². The second-order valence-electron chi connectivity index (χ2n) is 6.55. The SMILES string of the molecule is Oc1ccc2ccccc2c1/C=N/n1c(-c2ccccn2)nnc1-c1ccccn1. The summed E-state index contributed by atoms with van der Waals surface area (Å²) in [6, 6.07) is 22.5. The lowest BCUT2D eigenvalue weighted by atomic mass is 10.0. The third-order valence-electron chi connectivity index (χ3n) is 4.68. The number of aromatic hydroxyl groups is 1. The summed E-state index contributed by atoms with van der Waals surface area (Å²) in [6.07, 6.45) is 4.99. The van der Waals surface area contributed by atoms with Crippen molar-refractivity contribution in [2.24, 2.45) is 5.10 Å². The lowest BCUT2D eigenvalue weighted by molar-refractivity contribution is 0.475. The van der Waals surface area contributed by atoms with Gasteiger partial charge in [-0.05, 0) is 41.1 Å². The van der Waals surface area contributed by atoms with Crippen LogP contribution in [0, 0.1) is 0 Å². The minimum atomic E-state index is 0.143. The fourth-order valence-corrected chi connectivity index (χ4v) is 3.23. The van der Waals surface area contributed by atoms with Gasteiger partial charge in [0.25, 0.3) is 0 Å². The van der Waals surface area contributed by atoms with E-state index >= 15 is 0 Å². The Kier molecular flexibility index (Phi) is 4.46. The van der Waals surface area contributed by atoms with Gasteiger partial charge in [0, 0.05) is 18.0 Å². The van der Waals surface area contributed by atoms with Gasteiger partial charge in [-0.1, -0.05) is 42.5 Å². The molecular formula is C23H16N6O. The number of phenols is 1. The van der Waals surface area contributed by atoms with Crippen LogP contribution in [0.25, 0.3) is 33.8 Å². The molecule has 0 saturated heterocycles. The smallest absolute Gasteiger partial charge is 0.203 e. The zero-order valence-electron chi connectivity index (χ0n) is 15.8. The summed E-state index contributed by atoms with van der Waals surface area (Å²) in [5, 5.41) is 25.6. The molecule has 5 rings (SSSR count). The second kappa shape index (κ2) is 7.56. The van der Waals surface area contributed by atoms with Crippen LogP contribution < -0.4 is 0 Å². The van der Waals surface area contributed by atoms with Gasteiger partial charge in [-0.25, -0.2) is 0 Å². The topological polar surface area (TPSA) is 89.1 Å². The predicted molar refractivity (Wildman–Crippen MR) is 115 cm³/mol. The molecule has 0 radical (unpaired) electrons. The van der Waals surface area contributed by atoms with Gasteiger partial charge in [0.05, 0.1) is 6.21 Å². The molecule has 2 aromatic carbocycles. The van der Waals surface area contributed by atoms with Crippen molar-refractivity contribution in [1.82, 2.24) is 24.8 Å². The molecule has 0 bridgehead atoms. The van der Waals surface area contributed by atoms with E-state index in [2.05, 4.69) is 25.3 Å². The summed E-state index contributed by atoms with van der Waals surface area (Å²) in [4.78, 5) is 8.74. The molecule has 3 heterocycles. The highest BCUT2D eigenvalue weighted by atomic mass is 16.3. The highest BCUT2D eigenvalue weighted by molar-refractivity contribution is 6.02. The molecule has 0 amide bonds. The molecule has 5 aromatic rings. The van der Waals surface area contributed by atoms with Crippen LogP contribution in [0.4, 0.5) is 0 Å². The monoisotopic (exact) mass is 392 g/mol. The van der Waals surface area contributed by atoms with Crippen LogP contribution in [0.15, 0.2) is 90.3 Å². The maximum atomic E-state index is 10.5. The van der Waals surface area contributed by atoms with Crippen molar-refractivity contribution < 1.29 is 5.11 Å². The molecule has 0 spiro atoms. The molecule has 0 aliphatic heterocycles. The Balaban J connectivity index is 1.69. The van der Waals surface area contributed by atoms with E-state index in [0.717, 1.165) is 10.8 Å². The summed E-state index contributed by atoms with van der Waals surface area (Å²) in [6.45, 7) is 0. The normalized spacial score (nSPS) is 11.3. The molecule has 0 saturated carbocycles. The second-order valence-corrected chi connectivity index (χ2v) is 6.55. The summed E-state index contributed by atoms with van der Waals surface area (Å²) >= 11 is 0. The average Bonchev–Trinajstić information content (AvgIpc) is 3.23. The number of phenolic OH excluding ortho intramolecular Hbond substituents is 1. The van der Waals surface area contributed by atoms with Crippen molar-refractivity contribution in [3.8, 4) is 28.8 Å². The minimum Gasteiger partial charge on any atom is -0.507 e. The standard InChI is InChI=1S/C23H16N6O/c30-21-12-11-16-7-1-2-8-17(16)18(21)15-26-29-22(19-9-3-5-13-24-19)27-28-23(29)20-10-4-6-14-25-20/h1-15,30H/b26-15+. The van der Waals surface area contributed by atoms with Gasteiger partial charge in [0.2, 0.25) is 11.6 Å². The van der Waals surface area contributed by atoms with Gasteiger partial charge in [-0.2, -0.15) is 9.78 Å². The lowest BCUT2D eigenvalue weighted by Gasteiger charge is -2.06. The van der Waals surface area contributed by atoms with E-state index in [1.807, 2.05) is 66.7 Å². The number of benzene rings is 2. The van der Waals surface area contributed by atoms with Crippen molar-refractivity contribution in [2.45, 2.75) is 0 Å².